The maximum absolute atomic E-state index is 13.5. The van der Waals surface area contributed by atoms with E-state index in [1.165, 1.54) is 13.2 Å². The first kappa shape index (κ1) is 23.6. The zero-order valence-electron chi connectivity index (χ0n) is 18.4. The maximum atomic E-state index is 13.5. The minimum Gasteiger partial charge on any atom is -0.507 e. The van der Waals surface area contributed by atoms with Crippen molar-refractivity contribution in [1.29, 1.82) is 0 Å². The summed E-state index contributed by atoms with van der Waals surface area (Å²) in [6, 6.07) is 8.10. The van der Waals surface area contributed by atoms with Gasteiger partial charge in [0, 0.05) is 36.5 Å². The number of hydrogen-bond acceptors (Lipinski definition) is 7. The van der Waals surface area contributed by atoms with Gasteiger partial charge in [0.05, 0.1) is 25.4 Å². The van der Waals surface area contributed by atoms with Gasteiger partial charge in [-0.2, -0.15) is 0 Å². The molecule has 3 rings (SSSR count). The molecule has 0 bridgehead atoms. The minimum atomic E-state index is -0.805. The molecule has 1 aromatic carbocycles. The van der Waals surface area contributed by atoms with Crippen molar-refractivity contribution in [2.24, 2.45) is 5.73 Å². The van der Waals surface area contributed by atoms with E-state index < -0.39 is 23.4 Å². The molecule has 1 amide bonds. The van der Waals surface area contributed by atoms with Crippen molar-refractivity contribution in [2.45, 2.75) is 32.2 Å². The normalized spacial score (nSPS) is 11.7. The second kappa shape index (κ2) is 10.5. The number of amides is 1. The lowest BCUT2D eigenvalue weighted by Gasteiger charge is -2.21. The summed E-state index contributed by atoms with van der Waals surface area (Å²) < 4.78 is 11.7. The van der Waals surface area contributed by atoms with Gasteiger partial charge >= 0.3 is 5.97 Å². The van der Waals surface area contributed by atoms with Crippen LogP contribution in [0.2, 0.25) is 0 Å². The largest absolute Gasteiger partial charge is 0.507 e. The highest BCUT2D eigenvalue weighted by Crippen LogP contribution is 2.34. The van der Waals surface area contributed by atoms with Crippen LogP contribution in [0.4, 0.5) is 0 Å². The molecule has 0 saturated heterocycles. The third-order valence-corrected chi connectivity index (χ3v) is 5.27. The number of nitrogens with zero attached hydrogens (tertiary/aromatic N) is 2. The number of benzene rings is 1. The number of aromatic amines is 1. The molecule has 0 fully saturated rings. The number of nitrogens with two attached hydrogens (primary N) is 1. The third-order valence-electron chi connectivity index (χ3n) is 5.27. The lowest BCUT2D eigenvalue weighted by molar-refractivity contribution is -0.140. The molecule has 0 radical (unpaired) electrons. The van der Waals surface area contributed by atoms with Crippen LogP contribution in [0.1, 0.15) is 34.9 Å². The van der Waals surface area contributed by atoms with Gasteiger partial charge in [0.2, 0.25) is 0 Å². The van der Waals surface area contributed by atoms with Crippen LogP contribution in [0, 0.1) is 6.92 Å². The molecule has 10 nitrogen and oxygen atoms in total. The Morgan fingerprint density at radius 3 is 2.76 bits per heavy atom. The Bertz CT molecular complexity index is 1190. The number of imidazole rings is 1. The maximum Gasteiger partial charge on any atom is 0.306 e. The van der Waals surface area contributed by atoms with Gasteiger partial charge in [0.15, 0.2) is 6.61 Å². The number of aromatic nitrogens is 3. The average Bonchev–Trinajstić information content (AvgIpc) is 3.30. The highest BCUT2D eigenvalue weighted by molar-refractivity contribution is 5.75. The van der Waals surface area contributed by atoms with Gasteiger partial charge in [-0.15, -0.1) is 0 Å². The number of aryl methyl sites for hydroxylation is 2. The molecule has 2 aromatic heterocycles. The number of nitrogens with one attached hydrogen (secondary N) is 1. The predicted molar refractivity (Wildman–Crippen MR) is 119 cm³/mol. The number of methoxy groups -OCH3 is 1. The highest BCUT2D eigenvalue weighted by atomic mass is 16.5. The quantitative estimate of drug-likeness (QED) is 0.392. The van der Waals surface area contributed by atoms with Gasteiger partial charge in [-0.05, 0) is 30.7 Å². The van der Waals surface area contributed by atoms with Crippen LogP contribution in [0.25, 0.3) is 0 Å². The molecule has 4 N–H and O–H groups in total. The minimum absolute atomic E-state index is 0.0719. The van der Waals surface area contributed by atoms with E-state index in [0.717, 1.165) is 5.69 Å². The number of carbonyl (C=O) groups excluding carboxylic acids is 2. The fraction of sp³-hybridized carbons (Fsp3) is 0.304. The van der Waals surface area contributed by atoms with Crippen molar-refractivity contribution in [3.8, 4) is 11.5 Å². The first-order chi connectivity index (χ1) is 15.8. The number of carbonyl (C=O) groups is 2. The van der Waals surface area contributed by atoms with Gasteiger partial charge in [-0.3, -0.25) is 14.4 Å². The molecular formula is C23H26N4O6. The molecule has 10 heteroatoms. The van der Waals surface area contributed by atoms with E-state index >= 15 is 0 Å². The Balaban J connectivity index is 2.04. The van der Waals surface area contributed by atoms with Crippen LogP contribution in [0.3, 0.4) is 0 Å². The van der Waals surface area contributed by atoms with Crippen molar-refractivity contribution in [3.05, 3.63) is 75.7 Å². The number of pyridine rings is 1. The van der Waals surface area contributed by atoms with Crippen molar-refractivity contribution in [1.82, 2.24) is 14.5 Å². The number of hydrogen-bond donors (Lipinski definition) is 3. The van der Waals surface area contributed by atoms with Crippen molar-refractivity contribution < 1.29 is 24.2 Å². The molecular weight excluding hydrogens is 428 g/mol. The van der Waals surface area contributed by atoms with Crippen molar-refractivity contribution >= 4 is 11.9 Å². The standard InChI is InChI=1S/C23H26N4O6/c1-14-8-19(28)22(23(31)27(14)7-6-16-11-25-13-26-16)18(10-21(30)32-2)15-4-3-5-17(9-15)33-12-20(24)29/h3-5,8-9,11,13,18,28H,6-7,10,12H2,1-2H3,(H2,24,29)(H,25,26). The van der Waals surface area contributed by atoms with E-state index in [-0.39, 0.29) is 24.3 Å². The zero-order valence-corrected chi connectivity index (χ0v) is 18.4. The molecule has 2 heterocycles. The van der Waals surface area contributed by atoms with E-state index in [0.29, 0.717) is 30.0 Å². The average molecular weight is 454 g/mol. The summed E-state index contributed by atoms with van der Waals surface area (Å²) >= 11 is 0. The van der Waals surface area contributed by atoms with Crippen molar-refractivity contribution in [3.63, 3.8) is 0 Å². The van der Waals surface area contributed by atoms with E-state index in [1.807, 2.05) is 0 Å². The molecule has 0 aliphatic heterocycles. The zero-order chi connectivity index (χ0) is 24.0. The summed E-state index contributed by atoms with van der Waals surface area (Å²) in [6.07, 6.45) is 3.59. The van der Waals surface area contributed by atoms with Crippen LogP contribution >= 0.6 is 0 Å². The Morgan fingerprint density at radius 2 is 2.09 bits per heavy atom. The second-order valence-electron chi connectivity index (χ2n) is 7.53. The number of H-pyrrole nitrogens is 1. The third kappa shape index (κ3) is 5.79. The molecule has 0 aliphatic rings. The Labute approximate surface area is 190 Å². The number of aromatic hydroxyl groups is 1. The molecule has 3 aromatic rings. The molecule has 1 unspecified atom stereocenters. The fourth-order valence-electron chi connectivity index (χ4n) is 3.64. The fourth-order valence-corrected chi connectivity index (χ4v) is 3.64. The summed E-state index contributed by atoms with van der Waals surface area (Å²) in [7, 11) is 1.25. The van der Waals surface area contributed by atoms with Crippen molar-refractivity contribution in [2.75, 3.05) is 13.7 Å². The summed E-state index contributed by atoms with van der Waals surface area (Å²) in [6.45, 7) is 1.76. The Hall–Kier alpha value is -4.08. The van der Waals surface area contributed by atoms with Crippen LogP contribution in [-0.4, -0.2) is 45.2 Å². The number of esters is 1. The molecule has 174 valence electrons. The number of rotatable bonds is 10. The van der Waals surface area contributed by atoms with E-state index in [1.54, 1.807) is 48.3 Å². The summed E-state index contributed by atoms with van der Waals surface area (Å²) in [5.74, 6) is -1.87. The van der Waals surface area contributed by atoms with E-state index in [9.17, 15) is 19.5 Å². The first-order valence-electron chi connectivity index (χ1n) is 10.3. The van der Waals surface area contributed by atoms with Gasteiger partial charge in [0.1, 0.15) is 11.5 Å². The monoisotopic (exact) mass is 454 g/mol. The van der Waals surface area contributed by atoms with Gasteiger partial charge in [0.25, 0.3) is 11.5 Å². The Morgan fingerprint density at radius 1 is 1.30 bits per heavy atom. The molecule has 33 heavy (non-hydrogen) atoms. The summed E-state index contributed by atoms with van der Waals surface area (Å²) in [5, 5.41) is 10.7. The molecule has 0 spiro atoms. The van der Waals surface area contributed by atoms with Gasteiger partial charge in [-0.25, -0.2) is 4.98 Å². The molecule has 0 saturated carbocycles. The summed E-state index contributed by atoms with van der Waals surface area (Å²) in [5.41, 5.74) is 6.78. The van der Waals surface area contributed by atoms with Gasteiger partial charge < -0.3 is 29.9 Å². The SMILES string of the molecule is COC(=O)CC(c1cccc(OCC(N)=O)c1)c1c(O)cc(C)n(CCc2cnc[nH]2)c1=O. The van der Waals surface area contributed by atoms with Gasteiger partial charge in [-0.1, -0.05) is 12.1 Å². The van der Waals surface area contributed by atoms with Crippen LogP contribution in [0.5, 0.6) is 11.5 Å². The smallest absolute Gasteiger partial charge is 0.306 e. The molecule has 1 atom stereocenters. The highest BCUT2D eigenvalue weighted by Gasteiger charge is 2.27. The summed E-state index contributed by atoms with van der Waals surface area (Å²) in [4.78, 5) is 43.7. The first-order valence-corrected chi connectivity index (χ1v) is 10.3. The molecule has 0 aliphatic carbocycles. The van der Waals surface area contributed by atoms with E-state index in [4.69, 9.17) is 15.2 Å². The topological polar surface area (TPSA) is 150 Å². The van der Waals surface area contributed by atoms with Crippen LogP contribution < -0.4 is 16.0 Å². The van der Waals surface area contributed by atoms with Crippen LogP contribution in [-0.2, 0) is 27.3 Å². The van der Waals surface area contributed by atoms with E-state index in [2.05, 4.69) is 9.97 Å². The number of ether oxygens (including phenoxy) is 2. The second-order valence-corrected chi connectivity index (χ2v) is 7.53. The predicted octanol–water partition coefficient (Wildman–Crippen LogP) is 1.39. The lowest BCUT2D eigenvalue weighted by atomic mass is 9.88. The number of primary amides is 1. The Kier molecular flexibility index (Phi) is 7.50. The lowest BCUT2D eigenvalue weighted by Crippen LogP contribution is -2.29. The van der Waals surface area contributed by atoms with Crippen LogP contribution in [0.15, 0.2) is 47.7 Å².